The van der Waals surface area contributed by atoms with E-state index in [4.69, 9.17) is 8.83 Å². The van der Waals surface area contributed by atoms with Crippen LogP contribution < -0.4 is 5.32 Å². The summed E-state index contributed by atoms with van der Waals surface area (Å²) in [5, 5.41) is 3.84. The van der Waals surface area contributed by atoms with E-state index in [1.54, 1.807) is 6.07 Å². The van der Waals surface area contributed by atoms with Crippen molar-refractivity contribution in [1.29, 1.82) is 0 Å². The fraction of sp³-hybridized carbons (Fsp3) is 0.120. The van der Waals surface area contributed by atoms with Gasteiger partial charge in [0.25, 0.3) is 5.91 Å². The topological polar surface area (TPSA) is 68.3 Å². The minimum Gasteiger partial charge on any atom is -0.451 e. The number of nitrogens with one attached hydrogen (secondary N) is 1. The zero-order valence-electron chi connectivity index (χ0n) is 16.9. The second-order valence-corrected chi connectivity index (χ2v) is 7.53. The Balaban J connectivity index is 1.50. The van der Waals surface area contributed by atoms with Crippen molar-refractivity contribution < 1.29 is 13.6 Å². The van der Waals surface area contributed by atoms with Gasteiger partial charge < -0.3 is 14.2 Å². The van der Waals surface area contributed by atoms with Crippen LogP contribution in [0.3, 0.4) is 0 Å². The number of aromatic nitrogens is 1. The van der Waals surface area contributed by atoms with Gasteiger partial charge in [-0.15, -0.1) is 0 Å². The second kappa shape index (κ2) is 6.88. The number of rotatable bonds is 3. The van der Waals surface area contributed by atoms with Crippen molar-refractivity contribution in [2.24, 2.45) is 0 Å². The number of para-hydroxylation sites is 1. The molecule has 148 valence electrons. The molecular weight excluding hydrogens is 376 g/mol. The Labute approximate surface area is 173 Å². The molecule has 5 nitrogen and oxygen atoms in total. The number of hydrogen-bond acceptors (Lipinski definition) is 4. The Hall–Kier alpha value is -3.86. The van der Waals surface area contributed by atoms with Crippen molar-refractivity contribution in [1.82, 2.24) is 4.98 Å². The van der Waals surface area contributed by atoms with Crippen molar-refractivity contribution in [3.63, 3.8) is 0 Å². The third kappa shape index (κ3) is 3.05. The van der Waals surface area contributed by atoms with Gasteiger partial charge in [0.05, 0.1) is 0 Å². The van der Waals surface area contributed by atoms with E-state index in [0.717, 1.165) is 38.7 Å². The van der Waals surface area contributed by atoms with Gasteiger partial charge >= 0.3 is 0 Å². The van der Waals surface area contributed by atoms with Crippen LogP contribution in [0.15, 0.2) is 69.5 Å². The van der Waals surface area contributed by atoms with E-state index < -0.39 is 0 Å². The van der Waals surface area contributed by atoms with E-state index in [2.05, 4.69) is 16.4 Å². The lowest BCUT2D eigenvalue weighted by Gasteiger charge is -2.09. The molecule has 0 radical (unpaired) electrons. The van der Waals surface area contributed by atoms with E-state index in [9.17, 15) is 4.79 Å². The number of anilines is 1. The predicted molar refractivity (Wildman–Crippen MR) is 118 cm³/mol. The maximum absolute atomic E-state index is 12.8. The zero-order valence-corrected chi connectivity index (χ0v) is 16.9. The summed E-state index contributed by atoms with van der Waals surface area (Å²) in [6, 6.07) is 19.1. The highest BCUT2D eigenvalue weighted by atomic mass is 16.4. The number of fused-ring (bicyclic) bond motifs is 2. The van der Waals surface area contributed by atoms with E-state index in [1.165, 1.54) is 0 Å². The number of furan rings is 1. The molecular formula is C25H20N2O3. The van der Waals surface area contributed by atoms with Gasteiger partial charge in [-0.1, -0.05) is 30.3 Å². The van der Waals surface area contributed by atoms with Gasteiger partial charge in [-0.05, 0) is 67.8 Å². The Bertz CT molecular complexity index is 1390. The molecule has 0 aliphatic heterocycles. The lowest BCUT2D eigenvalue weighted by molar-refractivity contribution is 0.0998. The molecule has 0 atom stereocenters. The lowest BCUT2D eigenvalue weighted by Crippen LogP contribution is -2.12. The van der Waals surface area contributed by atoms with Crippen LogP contribution in [0.1, 0.15) is 27.2 Å². The molecule has 2 heterocycles. The van der Waals surface area contributed by atoms with Gasteiger partial charge in [0.2, 0.25) is 5.89 Å². The molecule has 5 rings (SSSR count). The average Bonchev–Trinajstić information content (AvgIpc) is 3.34. The monoisotopic (exact) mass is 396 g/mol. The molecule has 3 aromatic carbocycles. The van der Waals surface area contributed by atoms with Crippen molar-refractivity contribution in [3.05, 3.63) is 83.1 Å². The Kier molecular flexibility index (Phi) is 4.17. The Morgan fingerprint density at radius 1 is 0.933 bits per heavy atom. The Morgan fingerprint density at radius 3 is 2.60 bits per heavy atom. The van der Waals surface area contributed by atoms with Gasteiger partial charge in [-0.25, -0.2) is 4.98 Å². The third-order valence-corrected chi connectivity index (χ3v) is 5.28. The molecule has 5 aromatic rings. The van der Waals surface area contributed by atoms with Gasteiger partial charge in [-0.3, -0.25) is 4.79 Å². The summed E-state index contributed by atoms with van der Waals surface area (Å²) in [5.74, 6) is 0.514. The first kappa shape index (κ1) is 18.2. The average molecular weight is 396 g/mol. The summed E-state index contributed by atoms with van der Waals surface area (Å²) in [5.41, 5.74) is 6.90. The molecule has 1 N–H and O–H groups in total. The molecule has 2 aromatic heterocycles. The van der Waals surface area contributed by atoms with Gasteiger partial charge in [0, 0.05) is 16.6 Å². The van der Waals surface area contributed by atoms with Crippen LogP contribution >= 0.6 is 0 Å². The standard InChI is InChI=1S/C25H20N2O3/c1-14-11-15(2)23-20(12-14)27-25(30-23)18-8-6-9-19(16(18)3)26-24(28)22-13-17-7-4-5-10-21(17)29-22/h4-13H,1-3H3,(H,26,28). The molecule has 0 saturated heterocycles. The highest BCUT2D eigenvalue weighted by molar-refractivity contribution is 6.05. The first-order valence-electron chi connectivity index (χ1n) is 9.77. The molecule has 1 amide bonds. The van der Waals surface area contributed by atoms with Crippen LogP contribution in [0.25, 0.3) is 33.5 Å². The van der Waals surface area contributed by atoms with E-state index in [0.29, 0.717) is 17.2 Å². The number of nitrogens with zero attached hydrogens (tertiary/aromatic N) is 1. The summed E-state index contributed by atoms with van der Waals surface area (Å²) in [7, 11) is 0. The SMILES string of the molecule is Cc1cc(C)c2oc(-c3cccc(NC(=O)c4cc5ccccc5o4)c3C)nc2c1. The van der Waals surface area contributed by atoms with E-state index >= 15 is 0 Å². The van der Waals surface area contributed by atoms with Crippen LogP contribution in [0, 0.1) is 20.8 Å². The number of carbonyl (C=O) groups is 1. The first-order valence-corrected chi connectivity index (χ1v) is 9.77. The van der Waals surface area contributed by atoms with Crippen LogP contribution in [0.2, 0.25) is 0 Å². The summed E-state index contributed by atoms with van der Waals surface area (Å²) in [4.78, 5) is 17.4. The summed E-state index contributed by atoms with van der Waals surface area (Å²) < 4.78 is 11.7. The van der Waals surface area contributed by atoms with Gasteiger partial charge in [0.15, 0.2) is 11.3 Å². The van der Waals surface area contributed by atoms with Gasteiger partial charge in [0.1, 0.15) is 11.1 Å². The predicted octanol–water partition coefficient (Wildman–Crippen LogP) is 6.42. The van der Waals surface area contributed by atoms with Crippen LogP contribution in [0.5, 0.6) is 0 Å². The highest BCUT2D eigenvalue weighted by Gasteiger charge is 2.17. The molecule has 30 heavy (non-hydrogen) atoms. The summed E-state index contributed by atoms with van der Waals surface area (Å²) >= 11 is 0. The highest BCUT2D eigenvalue weighted by Crippen LogP contribution is 2.32. The maximum atomic E-state index is 12.8. The van der Waals surface area contributed by atoms with Crippen molar-refractivity contribution >= 4 is 33.7 Å². The quantitative estimate of drug-likeness (QED) is 0.382. The number of carbonyl (C=O) groups excluding carboxylic acids is 1. The minimum atomic E-state index is -0.296. The minimum absolute atomic E-state index is 0.272. The molecule has 5 heteroatoms. The number of aryl methyl sites for hydroxylation is 2. The first-order chi connectivity index (χ1) is 14.5. The fourth-order valence-electron chi connectivity index (χ4n) is 3.77. The maximum Gasteiger partial charge on any atom is 0.291 e. The molecule has 0 spiro atoms. The van der Waals surface area contributed by atoms with Crippen molar-refractivity contribution in [2.75, 3.05) is 5.32 Å². The molecule has 0 saturated carbocycles. The second-order valence-electron chi connectivity index (χ2n) is 7.53. The molecule has 0 aliphatic carbocycles. The molecule has 0 aliphatic rings. The number of amides is 1. The normalized spacial score (nSPS) is 11.3. The summed E-state index contributed by atoms with van der Waals surface area (Å²) in [6.45, 7) is 6.00. The number of oxazole rings is 1. The van der Waals surface area contributed by atoms with E-state index in [1.807, 2.05) is 69.3 Å². The van der Waals surface area contributed by atoms with E-state index in [-0.39, 0.29) is 11.7 Å². The smallest absolute Gasteiger partial charge is 0.291 e. The third-order valence-electron chi connectivity index (χ3n) is 5.28. The van der Waals surface area contributed by atoms with Crippen LogP contribution in [-0.2, 0) is 0 Å². The molecule has 0 fully saturated rings. The number of hydrogen-bond donors (Lipinski definition) is 1. The van der Waals surface area contributed by atoms with Crippen molar-refractivity contribution in [3.8, 4) is 11.5 Å². The van der Waals surface area contributed by atoms with Gasteiger partial charge in [-0.2, -0.15) is 0 Å². The van der Waals surface area contributed by atoms with Crippen LogP contribution in [-0.4, -0.2) is 10.9 Å². The van der Waals surface area contributed by atoms with Crippen LogP contribution in [0.4, 0.5) is 5.69 Å². The number of benzene rings is 3. The lowest BCUT2D eigenvalue weighted by atomic mass is 10.1. The zero-order chi connectivity index (χ0) is 20.8. The summed E-state index contributed by atoms with van der Waals surface area (Å²) in [6.07, 6.45) is 0. The molecule has 0 bridgehead atoms. The molecule has 0 unspecified atom stereocenters. The largest absolute Gasteiger partial charge is 0.451 e. The fourth-order valence-corrected chi connectivity index (χ4v) is 3.77. The van der Waals surface area contributed by atoms with Crippen molar-refractivity contribution in [2.45, 2.75) is 20.8 Å². The Morgan fingerprint density at radius 2 is 1.77 bits per heavy atom.